The van der Waals surface area contributed by atoms with Gasteiger partial charge in [-0.2, -0.15) is 0 Å². The Morgan fingerprint density at radius 2 is 1.75 bits per heavy atom. The molecular weight excluding hydrogens is 264 g/mol. The van der Waals surface area contributed by atoms with Crippen LogP contribution in [0.15, 0.2) is 12.2 Å². The number of nitrogens with one attached hydrogen (secondary N) is 2. The Balaban J connectivity index is 3.53. The molecule has 0 atom stereocenters. The van der Waals surface area contributed by atoms with Crippen LogP contribution in [0.25, 0.3) is 0 Å². The van der Waals surface area contributed by atoms with Gasteiger partial charge in [0.2, 0.25) is 0 Å². The molecule has 0 fully saturated rings. The first kappa shape index (κ1) is 17.9. The summed E-state index contributed by atoms with van der Waals surface area (Å²) in [5.74, 6) is -1.21. The van der Waals surface area contributed by atoms with Crippen molar-refractivity contribution in [3.05, 3.63) is 12.2 Å². The van der Waals surface area contributed by atoms with Gasteiger partial charge in [0.15, 0.2) is 0 Å². The van der Waals surface area contributed by atoms with Gasteiger partial charge in [0.25, 0.3) is 0 Å². The lowest BCUT2D eigenvalue weighted by Crippen LogP contribution is -2.39. The number of amides is 2. The third-order valence-electron chi connectivity index (χ3n) is 2.08. The van der Waals surface area contributed by atoms with E-state index in [-0.39, 0.29) is 18.7 Å². The maximum absolute atomic E-state index is 11.2. The molecule has 0 rings (SSSR count). The highest BCUT2D eigenvalue weighted by Gasteiger charge is 2.02. The Hall–Kier alpha value is -2.05. The summed E-state index contributed by atoms with van der Waals surface area (Å²) in [7, 11) is 1.22. The summed E-state index contributed by atoms with van der Waals surface area (Å²) in [5, 5.41) is 5.38. The van der Waals surface area contributed by atoms with E-state index in [1.165, 1.54) is 7.11 Å². The molecule has 0 aromatic heterocycles. The summed E-state index contributed by atoms with van der Waals surface area (Å²) in [5.41, 5.74) is 0. The molecule has 0 bridgehead atoms. The third-order valence-corrected chi connectivity index (χ3v) is 2.08. The average Bonchev–Trinajstić information content (AvgIpc) is 2.39. The molecule has 0 aliphatic carbocycles. The van der Waals surface area contributed by atoms with Crippen LogP contribution < -0.4 is 10.6 Å². The van der Waals surface area contributed by atoms with Gasteiger partial charge < -0.3 is 20.1 Å². The van der Waals surface area contributed by atoms with E-state index in [9.17, 15) is 14.4 Å². The minimum atomic E-state index is -0.609. The minimum Gasteiger partial charge on any atom is -0.466 e. The molecule has 0 radical (unpaired) electrons. The molecular formula is C13H22N2O5. The van der Waals surface area contributed by atoms with Gasteiger partial charge in [0.1, 0.15) is 0 Å². The lowest BCUT2D eigenvalue weighted by Gasteiger charge is -2.09. The van der Waals surface area contributed by atoms with Crippen LogP contribution >= 0.6 is 0 Å². The number of carbonyl (C=O) groups excluding carboxylic acids is 3. The van der Waals surface area contributed by atoms with Crippen molar-refractivity contribution in [2.75, 3.05) is 20.3 Å². The Kier molecular flexibility index (Phi) is 9.72. The topological polar surface area (TPSA) is 93.7 Å². The van der Waals surface area contributed by atoms with E-state index in [4.69, 9.17) is 4.74 Å². The molecule has 0 aromatic carbocycles. The summed E-state index contributed by atoms with van der Waals surface area (Å²) in [6, 6.07) is -0.115. The van der Waals surface area contributed by atoms with Crippen molar-refractivity contribution in [2.24, 2.45) is 0 Å². The number of rotatable bonds is 8. The van der Waals surface area contributed by atoms with Gasteiger partial charge in [-0.3, -0.25) is 0 Å². The van der Waals surface area contributed by atoms with Crippen molar-refractivity contribution in [2.45, 2.75) is 32.7 Å². The van der Waals surface area contributed by atoms with Gasteiger partial charge in [-0.05, 0) is 26.7 Å². The molecule has 0 unspecified atom stereocenters. The first-order valence-corrected chi connectivity index (χ1v) is 6.43. The lowest BCUT2D eigenvalue weighted by molar-refractivity contribution is -0.139. The number of esters is 2. The molecule has 7 nitrogen and oxygen atoms in total. The number of urea groups is 1. The highest BCUT2D eigenvalue weighted by molar-refractivity contribution is 5.91. The molecule has 0 aromatic rings. The molecule has 0 spiro atoms. The van der Waals surface area contributed by atoms with E-state index in [2.05, 4.69) is 15.4 Å². The molecule has 20 heavy (non-hydrogen) atoms. The molecule has 0 saturated carbocycles. The number of hydrogen-bond acceptors (Lipinski definition) is 5. The number of methoxy groups -OCH3 is 1. The quantitative estimate of drug-likeness (QED) is 0.390. The molecule has 0 heterocycles. The zero-order valence-corrected chi connectivity index (χ0v) is 12.1. The number of ether oxygens (including phenoxy) is 2. The molecule has 114 valence electrons. The first-order valence-electron chi connectivity index (χ1n) is 6.43. The monoisotopic (exact) mass is 286 g/mol. The summed E-state index contributed by atoms with van der Waals surface area (Å²) >= 11 is 0. The zero-order valence-electron chi connectivity index (χ0n) is 12.1. The van der Waals surface area contributed by atoms with Crippen LogP contribution in [0.3, 0.4) is 0 Å². The van der Waals surface area contributed by atoms with Crippen LogP contribution in [0.1, 0.15) is 26.7 Å². The Morgan fingerprint density at radius 1 is 1.10 bits per heavy atom. The fraction of sp³-hybridized carbons (Fsp3) is 0.615. The Bertz CT molecular complexity index is 353. The van der Waals surface area contributed by atoms with Crippen molar-refractivity contribution in [1.29, 1.82) is 0 Å². The standard InChI is InChI=1S/C13H22N2O5/c1-10(2)15-13(18)14-8-4-5-9-20-12(17)7-6-11(16)19-3/h6-7,10H,4-5,8-9H2,1-3H3,(H2,14,15,18)/b7-6+. The van der Waals surface area contributed by atoms with Gasteiger partial charge in [0, 0.05) is 24.7 Å². The highest BCUT2D eigenvalue weighted by atomic mass is 16.5. The van der Waals surface area contributed by atoms with Crippen molar-refractivity contribution in [3.8, 4) is 0 Å². The van der Waals surface area contributed by atoms with Crippen LogP contribution in [0.2, 0.25) is 0 Å². The van der Waals surface area contributed by atoms with Gasteiger partial charge in [-0.25, -0.2) is 14.4 Å². The van der Waals surface area contributed by atoms with Crippen molar-refractivity contribution >= 4 is 18.0 Å². The smallest absolute Gasteiger partial charge is 0.331 e. The summed E-state index contributed by atoms with van der Waals surface area (Å²) in [6.07, 6.45) is 3.33. The summed E-state index contributed by atoms with van der Waals surface area (Å²) < 4.78 is 9.18. The predicted octanol–water partition coefficient (Wildman–Crippen LogP) is 0.747. The number of hydrogen-bond donors (Lipinski definition) is 2. The first-order chi connectivity index (χ1) is 9.45. The molecule has 0 aliphatic rings. The lowest BCUT2D eigenvalue weighted by atomic mass is 10.3. The van der Waals surface area contributed by atoms with Gasteiger partial charge in [-0.1, -0.05) is 0 Å². The molecule has 0 aliphatic heterocycles. The highest BCUT2D eigenvalue weighted by Crippen LogP contribution is 1.91. The second-order valence-corrected chi connectivity index (χ2v) is 4.29. The zero-order chi connectivity index (χ0) is 15.4. The van der Waals surface area contributed by atoms with Crippen molar-refractivity contribution < 1.29 is 23.9 Å². The van der Waals surface area contributed by atoms with E-state index in [0.29, 0.717) is 19.4 Å². The normalized spacial score (nSPS) is 10.4. The average molecular weight is 286 g/mol. The molecule has 7 heteroatoms. The predicted molar refractivity (Wildman–Crippen MR) is 73.0 cm³/mol. The minimum absolute atomic E-state index is 0.0950. The molecule has 2 amide bonds. The number of unbranched alkanes of at least 4 members (excludes halogenated alkanes) is 1. The largest absolute Gasteiger partial charge is 0.466 e. The van der Waals surface area contributed by atoms with Crippen LogP contribution in [-0.4, -0.2) is 44.3 Å². The van der Waals surface area contributed by atoms with Gasteiger partial charge in [-0.15, -0.1) is 0 Å². The van der Waals surface area contributed by atoms with Crippen molar-refractivity contribution in [3.63, 3.8) is 0 Å². The SMILES string of the molecule is COC(=O)/C=C/C(=O)OCCCCNC(=O)NC(C)C. The third kappa shape index (κ3) is 11.1. The van der Waals surface area contributed by atoms with Crippen molar-refractivity contribution in [1.82, 2.24) is 10.6 Å². The van der Waals surface area contributed by atoms with E-state index in [1.54, 1.807) is 0 Å². The van der Waals surface area contributed by atoms with Gasteiger partial charge >= 0.3 is 18.0 Å². The summed E-state index contributed by atoms with van der Waals surface area (Å²) in [6.45, 7) is 4.49. The van der Waals surface area contributed by atoms with E-state index >= 15 is 0 Å². The Morgan fingerprint density at radius 3 is 2.35 bits per heavy atom. The second-order valence-electron chi connectivity index (χ2n) is 4.29. The molecule has 0 saturated heterocycles. The maximum atomic E-state index is 11.2. The van der Waals surface area contributed by atoms with Crippen LogP contribution in [0, 0.1) is 0 Å². The maximum Gasteiger partial charge on any atom is 0.331 e. The van der Waals surface area contributed by atoms with Gasteiger partial charge in [0.05, 0.1) is 13.7 Å². The van der Waals surface area contributed by atoms with E-state index in [1.807, 2.05) is 13.8 Å². The number of carbonyl (C=O) groups is 3. The molecule has 2 N–H and O–H groups in total. The summed E-state index contributed by atoms with van der Waals surface area (Å²) in [4.78, 5) is 33.0. The van der Waals surface area contributed by atoms with E-state index < -0.39 is 11.9 Å². The van der Waals surface area contributed by atoms with Crippen LogP contribution in [0.5, 0.6) is 0 Å². The Labute approximate surface area is 118 Å². The second kappa shape index (κ2) is 10.8. The fourth-order valence-corrected chi connectivity index (χ4v) is 1.17. The van der Waals surface area contributed by atoms with Crippen LogP contribution in [-0.2, 0) is 19.1 Å². The van der Waals surface area contributed by atoms with Crippen LogP contribution in [0.4, 0.5) is 4.79 Å². The van der Waals surface area contributed by atoms with E-state index in [0.717, 1.165) is 12.2 Å². The fourth-order valence-electron chi connectivity index (χ4n) is 1.17.